The van der Waals surface area contributed by atoms with E-state index in [9.17, 15) is 0 Å². The summed E-state index contributed by atoms with van der Waals surface area (Å²) in [6, 6.07) is 10.4. The summed E-state index contributed by atoms with van der Waals surface area (Å²) in [7, 11) is 0. The van der Waals surface area contributed by atoms with Crippen LogP contribution in [-0.4, -0.2) is 20.6 Å². The molecule has 0 aliphatic rings. The highest BCUT2D eigenvalue weighted by Gasteiger charge is 1.97. The molecule has 1 aromatic heterocycles. The van der Waals surface area contributed by atoms with Crippen molar-refractivity contribution in [3.63, 3.8) is 0 Å². The largest absolute Gasteiger partial charge is 0.243 e. The molecule has 2 rings (SSSR count). The summed E-state index contributed by atoms with van der Waals surface area (Å²) >= 11 is 0. The molecule has 0 aliphatic heterocycles. The molecule has 0 saturated carbocycles. The third-order valence-corrected chi connectivity index (χ3v) is 2.11. The molecular weight excluding hydrogens is 176 g/mol. The van der Waals surface area contributed by atoms with Gasteiger partial charge >= 0.3 is 0 Å². The molecule has 0 amide bonds. The zero-order valence-corrected chi connectivity index (χ0v) is 7.85. The Balaban J connectivity index is 1.79. The molecule has 0 spiro atoms. The van der Waals surface area contributed by atoms with Gasteiger partial charge in [-0.1, -0.05) is 30.3 Å². The van der Waals surface area contributed by atoms with E-state index in [0.29, 0.717) is 0 Å². The fraction of sp³-hybridized carbons (Fsp3) is 0.300. The molecule has 4 heteroatoms. The van der Waals surface area contributed by atoms with Crippen molar-refractivity contribution in [2.24, 2.45) is 0 Å². The first-order valence-electron chi connectivity index (χ1n) is 4.72. The van der Waals surface area contributed by atoms with Crippen LogP contribution < -0.4 is 0 Å². The fourth-order valence-corrected chi connectivity index (χ4v) is 1.39. The minimum Gasteiger partial charge on any atom is -0.243 e. The van der Waals surface area contributed by atoms with E-state index in [1.54, 1.807) is 0 Å². The molecule has 14 heavy (non-hydrogen) atoms. The Morgan fingerprint density at radius 1 is 1.07 bits per heavy atom. The summed E-state index contributed by atoms with van der Waals surface area (Å²) in [4.78, 5) is 0. The number of rotatable bonds is 4. The van der Waals surface area contributed by atoms with Gasteiger partial charge in [-0.2, -0.15) is 0 Å². The summed E-state index contributed by atoms with van der Waals surface area (Å²) < 4.78 is 0. The molecule has 0 unspecified atom stereocenters. The van der Waals surface area contributed by atoms with Crippen molar-refractivity contribution in [3.8, 4) is 0 Å². The summed E-state index contributed by atoms with van der Waals surface area (Å²) in [5, 5.41) is 13.6. The van der Waals surface area contributed by atoms with E-state index >= 15 is 0 Å². The van der Waals surface area contributed by atoms with E-state index in [2.05, 4.69) is 44.9 Å². The maximum absolute atomic E-state index is 3.83. The molecule has 2 aromatic rings. The smallest absolute Gasteiger partial charge is 0.148 e. The molecule has 0 bridgehead atoms. The average Bonchev–Trinajstić information content (AvgIpc) is 2.72. The van der Waals surface area contributed by atoms with Crippen LogP contribution in [0.2, 0.25) is 0 Å². The van der Waals surface area contributed by atoms with Crippen molar-refractivity contribution < 1.29 is 0 Å². The Morgan fingerprint density at radius 2 is 1.93 bits per heavy atom. The molecule has 1 heterocycles. The van der Waals surface area contributed by atoms with Crippen LogP contribution in [0, 0.1) is 0 Å². The van der Waals surface area contributed by atoms with Crippen molar-refractivity contribution in [2.45, 2.75) is 19.3 Å². The number of tetrazole rings is 1. The number of nitrogens with one attached hydrogen (secondary N) is 1. The lowest BCUT2D eigenvalue weighted by Crippen LogP contribution is -1.92. The van der Waals surface area contributed by atoms with Crippen molar-refractivity contribution in [1.29, 1.82) is 0 Å². The normalized spacial score (nSPS) is 10.3. The fourth-order valence-electron chi connectivity index (χ4n) is 1.39. The van der Waals surface area contributed by atoms with E-state index < -0.39 is 0 Å². The van der Waals surface area contributed by atoms with Crippen molar-refractivity contribution in [3.05, 3.63) is 41.7 Å². The molecule has 1 N–H and O–H groups in total. The number of aryl methyl sites for hydroxylation is 2. The Labute approximate surface area is 82.4 Å². The number of aromatic amines is 1. The zero-order chi connectivity index (χ0) is 9.64. The third kappa shape index (κ3) is 2.39. The number of hydrogen-bond acceptors (Lipinski definition) is 3. The van der Waals surface area contributed by atoms with E-state index in [1.165, 1.54) is 5.56 Å². The number of hydrogen-bond donors (Lipinski definition) is 1. The van der Waals surface area contributed by atoms with Crippen LogP contribution in [0.5, 0.6) is 0 Å². The van der Waals surface area contributed by atoms with Gasteiger partial charge in [0.1, 0.15) is 5.82 Å². The van der Waals surface area contributed by atoms with Crippen LogP contribution in [-0.2, 0) is 12.8 Å². The molecule has 0 fully saturated rings. The van der Waals surface area contributed by atoms with Gasteiger partial charge in [0.25, 0.3) is 0 Å². The molecule has 0 atom stereocenters. The van der Waals surface area contributed by atoms with Gasteiger partial charge in [-0.3, -0.25) is 0 Å². The zero-order valence-electron chi connectivity index (χ0n) is 7.85. The average molecular weight is 188 g/mol. The Morgan fingerprint density at radius 3 is 2.64 bits per heavy atom. The minimum absolute atomic E-state index is 0.862. The molecule has 0 saturated heterocycles. The van der Waals surface area contributed by atoms with E-state index in [4.69, 9.17) is 0 Å². The monoisotopic (exact) mass is 188 g/mol. The van der Waals surface area contributed by atoms with Crippen LogP contribution in [0.3, 0.4) is 0 Å². The van der Waals surface area contributed by atoms with Gasteiger partial charge < -0.3 is 0 Å². The summed E-state index contributed by atoms with van der Waals surface area (Å²) in [5.74, 6) is 0.862. The first-order valence-corrected chi connectivity index (χ1v) is 4.72. The second kappa shape index (κ2) is 4.50. The second-order valence-electron chi connectivity index (χ2n) is 3.19. The molecule has 0 radical (unpaired) electrons. The van der Waals surface area contributed by atoms with Gasteiger partial charge in [0.05, 0.1) is 0 Å². The van der Waals surface area contributed by atoms with Crippen LogP contribution in [0.25, 0.3) is 0 Å². The number of nitrogens with zero attached hydrogens (tertiary/aromatic N) is 3. The van der Waals surface area contributed by atoms with Gasteiger partial charge in [0.15, 0.2) is 0 Å². The van der Waals surface area contributed by atoms with Crippen molar-refractivity contribution >= 4 is 0 Å². The quantitative estimate of drug-likeness (QED) is 0.788. The maximum Gasteiger partial charge on any atom is 0.148 e. The van der Waals surface area contributed by atoms with Crippen LogP contribution >= 0.6 is 0 Å². The predicted molar refractivity (Wildman–Crippen MR) is 52.6 cm³/mol. The van der Waals surface area contributed by atoms with Gasteiger partial charge in [-0.05, 0) is 28.8 Å². The topological polar surface area (TPSA) is 54.5 Å². The van der Waals surface area contributed by atoms with E-state index in [0.717, 1.165) is 25.1 Å². The Bertz CT molecular complexity index is 355. The highest BCUT2D eigenvalue weighted by atomic mass is 15.5. The predicted octanol–water partition coefficient (Wildman–Crippen LogP) is 1.38. The van der Waals surface area contributed by atoms with Crippen LogP contribution in [0.1, 0.15) is 17.8 Å². The standard InChI is InChI=1S/C10H12N4/c1-2-5-9(6-3-1)7-4-8-10-11-13-14-12-10/h1-3,5-6H,4,7-8H2,(H,11,12,13,14). The number of benzene rings is 1. The first-order chi connectivity index (χ1) is 6.95. The van der Waals surface area contributed by atoms with Gasteiger partial charge in [-0.15, -0.1) is 5.10 Å². The lowest BCUT2D eigenvalue weighted by molar-refractivity contribution is 0.773. The summed E-state index contributed by atoms with van der Waals surface area (Å²) in [5.41, 5.74) is 1.36. The highest BCUT2D eigenvalue weighted by Crippen LogP contribution is 2.04. The maximum atomic E-state index is 3.83. The summed E-state index contributed by atoms with van der Waals surface area (Å²) in [6.07, 6.45) is 3.05. The lowest BCUT2D eigenvalue weighted by atomic mass is 10.1. The second-order valence-corrected chi connectivity index (χ2v) is 3.19. The van der Waals surface area contributed by atoms with Crippen molar-refractivity contribution in [2.75, 3.05) is 0 Å². The van der Waals surface area contributed by atoms with Crippen molar-refractivity contribution in [1.82, 2.24) is 20.6 Å². The SMILES string of the molecule is c1ccc(CCCc2nnn[nH]2)cc1. The third-order valence-electron chi connectivity index (χ3n) is 2.11. The van der Waals surface area contributed by atoms with Crippen LogP contribution in [0.4, 0.5) is 0 Å². The Kier molecular flexibility index (Phi) is 2.85. The lowest BCUT2D eigenvalue weighted by Gasteiger charge is -1.98. The van der Waals surface area contributed by atoms with Crippen LogP contribution in [0.15, 0.2) is 30.3 Å². The summed E-state index contributed by atoms with van der Waals surface area (Å²) in [6.45, 7) is 0. The van der Waals surface area contributed by atoms with E-state index in [1.807, 2.05) is 6.07 Å². The first kappa shape index (κ1) is 8.87. The van der Waals surface area contributed by atoms with Gasteiger partial charge in [0, 0.05) is 6.42 Å². The molecule has 1 aromatic carbocycles. The van der Waals surface area contributed by atoms with Gasteiger partial charge in [0.2, 0.25) is 0 Å². The molecular formula is C10H12N4. The minimum atomic E-state index is 0.862. The molecule has 4 nitrogen and oxygen atoms in total. The molecule has 72 valence electrons. The number of aromatic nitrogens is 4. The van der Waals surface area contributed by atoms with E-state index in [-0.39, 0.29) is 0 Å². The highest BCUT2D eigenvalue weighted by molar-refractivity contribution is 5.14. The molecule has 0 aliphatic carbocycles. The van der Waals surface area contributed by atoms with Gasteiger partial charge in [-0.25, -0.2) is 5.10 Å². The Hall–Kier alpha value is -1.71. The number of H-pyrrole nitrogens is 1.